The molecular formula is C12H12BrFN2O. The number of hydrogen-bond donors (Lipinski definition) is 1. The minimum Gasteiger partial charge on any atom is -0.444 e. The second kappa shape index (κ2) is 5.42. The van der Waals surface area contributed by atoms with E-state index in [0.29, 0.717) is 22.5 Å². The fourth-order valence-corrected chi connectivity index (χ4v) is 1.92. The first kappa shape index (κ1) is 12.3. The van der Waals surface area contributed by atoms with Crippen LogP contribution >= 0.6 is 15.9 Å². The first-order valence-electron chi connectivity index (χ1n) is 5.30. The van der Waals surface area contributed by atoms with Crippen molar-refractivity contribution in [2.45, 2.75) is 13.5 Å². The summed E-state index contributed by atoms with van der Waals surface area (Å²) in [5.74, 6) is 0.110. The molecule has 5 heteroatoms. The maximum absolute atomic E-state index is 13.2. The van der Waals surface area contributed by atoms with E-state index in [4.69, 9.17) is 4.42 Å². The molecule has 1 heterocycles. The fraction of sp³-hybridized carbons (Fsp3) is 0.250. The summed E-state index contributed by atoms with van der Waals surface area (Å²) in [5, 5.41) is 3.15. The lowest BCUT2D eigenvalue weighted by atomic mass is 10.2. The van der Waals surface area contributed by atoms with Gasteiger partial charge in [-0.15, -0.1) is 0 Å². The van der Waals surface area contributed by atoms with Gasteiger partial charge in [0.05, 0.1) is 5.69 Å². The summed E-state index contributed by atoms with van der Waals surface area (Å²) >= 11 is 3.24. The minimum atomic E-state index is -0.319. The van der Waals surface area contributed by atoms with Gasteiger partial charge in [-0.25, -0.2) is 9.37 Å². The van der Waals surface area contributed by atoms with Crippen LogP contribution in [0.4, 0.5) is 4.39 Å². The smallest absolute Gasteiger partial charge is 0.226 e. The normalized spacial score (nSPS) is 10.8. The molecule has 17 heavy (non-hydrogen) atoms. The predicted molar refractivity (Wildman–Crippen MR) is 67.0 cm³/mol. The third-order valence-corrected chi connectivity index (χ3v) is 2.68. The third-order valence-electron chi connectivity index (χ3n) is 2.22. The highest BCUT2D eigenvalue weighted by Gasteiger charge is 2.08. The number of benzene rings is 1. The Balaban J connectivity index is 2.24. The zero-order valence-electron chi connectivity index (χ0n) is 9.34. The molecule has 2 rings (SSSR count). The monoisotopic (exact) mass is 298 g/mol. The first-order chi connectivity index (χ1) is 8.19. The van der Waals surface area contributed by atoms with Crippen LogP contribution in [0.3, 0.4) is 0 Å². The molecule has 0 saturated heterocycles. The third kappa shape index (κ3) is 3.14. The van der Waals surface area contributed by atoms with Gasteiger partial charge in [0, 0.05) is 16.6 Å². The van der Waals surface area contributed by atoms with Gasteiger partial charge >= 0.3 is 0 Å². The van der Waals surface area contributed by atoms with E-state index < -0.39 is 0 Å². The highest BCUT2D eigenvalue weighted by molar-refractivity contribution is 9.10. The minimum absolute atomic E-state index is 0.319. The van der Waals surface area contributed by atoms with Crippen LogP contribution in [0.25, 0.3) is 11.5 Å². The molecule has 0 spiro atoms. The fourth-order valence-electron chi connectivity index (χ4n) is 1.45. The molecular weight excluding hydrogens is 287 g/mol. The standard InChI is InChI=1S/C12H12BrFN2O/c1-2-15-6-11-7-17-12(16-11)8-3-9(13)5-10(14)4-8/h3-5,7,15H,2,6H2,1H3. The van der Waals surface area contributed by atoms with Gasteiger partial charge in [-0.1, -0.05) is 22.9 Å². The first-order valence-corrected chi connectivity index (χ1v) is 6.10. The van der Waals surface area contributed by atoms with E-state index in [9.17, 15) is 4.39 Å². The van der Waals surface area contributed by atoms with Crippen molar-refractivity contribution in [2.75, 3.05) is 6.54 Å². The lowest BCUT2D eigenvalue weighted by molar-refractivity contribution is 0.568. The van der Waals surface area contributed by atoms with Crippen molar-refractivity contribution < 1.29 is 8.81 Å². The van der Waals surface area contributed by atoms with Gasteiger partial charge in [0.25, 0.3) is 0 Å². The number of aromatic nitrogens is 1. The van der Waals surface area contributed by atoms with Crippen LogP contribution in [0.2, 0.25) is 0 Å². The maximum atomic E-state index is 13.2. The highest BCUT2D eigenvalue weighted by Crippen LogP contribution is 2.24. The van der Waals surface area contributed by atoms with Crippen LogP contribution in [0.5, 0.6) is 0 Å². The van der Waals surface area contributed by atoms with Crippen LogP contribution in [0, 0.1) is 5.82 Å². The second-order valence-corrected chi connectivity index (χ2v) is 4.50. The molecule has 90 valence electrons. The van der Waals surface area contributed by atoms with Gasteiger partial charge in [-0.3, -0.25) is 0 Å². The average Bonchev–Trinajstić information content (AvgIpc) is 2.73. The van der Waals surface area contributed by atoms with Crippen LogP contribution in [-0.4, -0.2) is 11.5 Å². The van der Waals surface area contributed by atoms with Crippen molar-refractivity contribution in [3.63, 3.8) is 0 Å². The van der Waals surface area contributed by atoms with E-state index in [2.05, 4.69) is 26.2 Å². The summed E-state index contributed by atoms with van der Waals surface area (Å²) in [6, 6.07) is 4.56. The molecule has 3 nitrogen and oxygen atoms in total. The molecule has 1 aromatic heterocycles. The SMILES string of the molecule is CCNCc1coc(-c2cc(F)cc(Br)c2)n1. The molecule has 0 atom stereocenters. The number of oxazole rings is 1. The lowest BCUT2D eigenvalue weighted by Gasteiger charge is -1.97. The Bertz CT molecular complexity index is 493. The second-order valence-electron chi connectivity index (χ2n) is 3.58. The summed E-state index contributed by atoms with van der Waals surface area (Å²) < 4.78 is 19.2. The number of hydrogen-bond acceptors (Lipinski definition) is 3. The number of nitrogens with one attached hydrogen (secondary N) is 1. The molecule has 0 radical (unpaired) electrons. The Kier molecular flexibility index (Phi) is 3.91. The summed E-state index contributed by atoms with van der Waals surface area (Å²) in [6.07, 6.45) is 1.58. The van der Waals surface area contributed by atoms with Crippen LogP contribution in [0.15, 0.2) is 33.4 Å². The molecule has 2 aromatic rings. The molecule has 0 aliphatic carbocycles. The summed E-state index contributed by atoms with van der Waals surface area (Å²) in [5.41, 5.74) is 1.43. The van der Waals surface area contributed by atoms with Gasteiger partial charge in [0.15, 0.2) is 0 Å². The molecule has 0 fully saturated rings. The summed E-state index contributed by atoms with van der Waals surface area (Å²) in [6.45, 7) is 3.54. The zero-order valence-corrected chi connectivity index (χ0v) is 10.9. The van der Waals surface area contributed by atoms with Gasteiger partial charge in [0.1, 0.15) is 12.1 Å². The Morgan fingerprint density at radius 3 is 2.94 bits per heavy atom. The van der Waals surface area contributed by atoms with Crippen molar-refractivity contribution in [2.24, 2.45) is 0 Å². The van der Waals surface area contributed by atoms with E-state index in [1.54, 1.807) is 12.3 Å². The van der Waals surface area contributed by atoms with Gasteiger partial charge in [0.2, 0.25) is 5.89 Å². The van der Waals surface area contributed by atoms with Gasteiger partial charge in [-0.05, 0) is 24.7 Å². The van der Waals surface area contributed by atoms with Crippen LogP contribution in [-0.2, 0) is 6.54 Å². The molecule has 0 saturated carbocycles. The average molecular weight is 299 g/mol. The van der Waals surface area contributed by atoms with Crippen molar-refractivity contribution in [1.29, 1.82) is 0 Å². The molecule has 0 amide bonds. The predicted octanol–water partition coefficient (Wildman–Crippen LogP) is 3.35. The van der Waals surface area contributed by atoms with Crippen LogP contribution in [0.1, 0.15) is 12.6 Å². The highest BCUT2D eigenvalue weighted by atomic mass is 79.9. The Labute approximate surface area is 107 Å². The zero-order chi connectivity index (χ0) is 12.3. The van der Waals surface area contributed by atoms with Gasteiger partial charge < -0.3 is 9.73 Å². The molecule has 1 N–H and O–H groups in total. The quantitative estimate of drug-likeness (QED) is 0.941. The van der Waals surface area contributed by atoms with E-state index >= 15 is 0 Å². The Morgan fingerprint density at radius 1 is 1.41 bits per heavy atom. The number of nitrogens with zero attached hydrogens (tertiary/aromatic N) is 1. The van der Waals surface area contributed by atoms with E-state index in [0.717, 1.165) is 12.2 Å². The largest absolute Gasteiger partial charge is 0.444 e. The molecule has 1 aromatic carbocycles. The van der Waals surface area contributed by atoms with Gasteiger partial charge in [-0.2, -0.15) is 0 Å². The molecule has 0 aliphatic heterocycles. The van der Waals surface area contributed by atoms with Crippen molar-refractivity contribution >= 4 is 15.9 Å². The number of halogens is 2. The maximum Gasteiger partial charge on any atom is 0.226 e. The Morgan fingerprint density at radius 2 is 2.24 bits per heavy atom. The van der Waals surface area contributed by atoms with Crippen LogP contribution < -0.4 is 5.32 Å². The molecule has 0 bridgehead atoms. The number of rotatable bonds is 4. The molecule has 0 unspecified atom stereocenters. The van der Waals surface area contributed by atoms with Crippen molar-refractivity contribution in [3.8, 4) is 11.5 Å². The van der Waals surface area contributed by atoms with E-state index in [1.165, 1.54) is 12.1 Å². The Hall–Kier alpha value is -1.20. The van der Waals surface area contributed by atoms with E-state index in [1.807, 2.05) is 6.92 Å². The topological polar surface area (TPSA) is 38.1 Å². The van der Waals surface area contributed by atoms with Crippen molar-refractivity contribution in [3.05, 3.63) is 40.4 Å². The molecule has 0 aliphatic rings. The summed E-state index contributed by atoms with van der Waals surface area (Å²) in [7, 11) is 0. The van der Waals surface area contributed by atoms with E-state index in [-0.39, 0.29) is 5.82 Å². The summed E-state index contributed by atoms with van der Waals surface area (Å²) in [4.78, 5) is 4.28. The van der Waals surface area contributed by atoms with Crippen molar-refractivity contribution in [1.82, 2.24) is 10.3 Å². The lowest BCUT2D eigenvalue weighted by Crippen LogP contribution is -2.11.